The third-order valence-electron chi connectivity index (χ3n) is 6.04. The minimum Gasteiger partial charge on any atom is -0.497 e. The molecule has 1 amide bonds. The van der Waals surface area contributed by atoms with E-state index in [1.165, 1.54) is 0 Å². The van der Waals surface area contributed by atoms with Crippen LogP contribution in [0.4, 0.5) is 0 Å². The van der Waals surface area contributed by atoms with E-state index in [1.807, 2.05) is 12.1 Å². The zero-order chi connectivity index (χ0) is 23.7. The van der Waals surface area contributed by atoms with Crippen LogP contribution in [0.1, 0.15) is 24.8 Å². The fraction of sp³-hybridized carbons (Fsp3) is 0.348. The molecule has 11 nitrogen and oxygen atoms in total. The third kappa shape index (κ3) is 4.12. The normalized spacial score (nSPS) is 14.5. The van der Waals surface area contributed by atoms with Crippen molar-refractivity contribution in [2.45, 2.75) is 25.3 Å². The summed E-state index contributed by atoms with van der Waals surface area (Å²) in [7, 11) is 3.12. The Morgan fingerprint density at radius 2 is 1.88 bits per heavy atom. The van der Waals surface area contributed by atoms with Crippen LogP contribution in [-0.4, -0.2) is 62.8 Å². The lowest BCUT2D eigenvalue weighted by molar-refractivity contribution is -0.132. The molecule has 5 rings (SSSR count). The number of pyridine rings is 1. The number of imidazole rings is 1. The average molecular weight is 464 g/mol. The molecule has 1 aliphatic rings. The van der Waals surface area contributed by atoms with Crippen molar-refractivity contribution in [3.8, 4) is 23.0 Å². The van der Waals surface area contributed by atoms with Crippen LogP contribution in [0.25, 0.3) is 22.6 Å². The number of nitrogens with zero attached hydrogens (tertiary/aromatic N) is 5. The van der Waals surface area contributed by atoms with Gasteiger partial charge in [0.05, 0.1) is 19.7 Å². The molecule has 1 aromatic carbocycles. The van der Waals surface area contributed by atoms with Gasteiger partial charge in [-0.1, -0.05) is 0 Å². The van der Waals surface area contributed by atoms with E-state index in [1.54, 1.807) is 48.1 Å². The number of H-pyrrole nitrogens is 1. The van der Waals surface area contributed by atoms with Gasteiger partial charge < -0.3 is 18.8 Å². The van der Waals surface area contributed by atoms with Gasteiger partial charge in [-0.15, -0.1) is 10.2 Å². The Balaban J connectivity index is 1.24. The minimum atomic E-state index is -0.175. The van der Waals surface area contributed by atoms with Gasteiger partial charge in [0.1, 0.15) is 17.9 Å². The van der Waals surface area contributed by atoms with Crippen LogP contribution < -0.4 is 15.2 Å². The van der Waals surface area contributed by atoms with Crippen molar-refractivity contribution in [1.82, 2.24) is 29.6 Å². The first-order chi connectivity index (χ1) is 16.6. The van der Waals surface area contributed by atoms with Crippen LogP contribution in [-0.2, 0) is 11.2 Å². The second-order valence-corrected chi connectivity index (χ2v) is 8.06. The fourth-order valence-electron chi connectivity index (χ4n) is 4.31. The molecule has 0 bridgehead atoms. The predicted molar refractivity (Wildman–Crippen MR) is 122 cm³/mol. The van der Waals surface area contributed by atoms with Crippen molar-refractivity contribution < 1.29 is 18.7 Å². The highest BCUT2D eigenvalue weighted by Crippen LogP contribution is 2.29. The molecular weight excluding hydrogens is 440 g/mol. The number of fused-ring (bicyclic) bond motifs is 1. The SMILES string of the molecule is COc1cc(OC)cc(-c2nnc(CC(=O)N3CCC(n4c(=O)[nH]c5ncccc54)CC3)o2)c1. The van der Waals surface area contributed by atoms with Crippen LogP contribution >= 0.6 is 0 Å². The summed E-state index contributed by atoms with van der Waals surface area (Å²) >= 11 is 0. The number of hydrogen-bond donors (Lipinski definition) is 1. The number of benzene rings is 1. The largest absolute Gasteiger partial charge is 0.497 e. The monoisotopic (exact) mass is 464 g/mol. The first-order valence-electron chi connectivity index (χ1n) is 10.9. The number of amides is 1. The molecule has 1 N–H and O–H groups in total. The lowest BCUT2D eigenvalue weighted by Crippen LogP contribution is -2.41. The molecule has 3 aromatic heterocycles. The Bertz CT molecular complexity index is 1360. The number of methoxy groups -OCH3 is 2. The Labute approximate surface area is 194 Å². The first kappa shape index (κ1) is 21.7. The van der Waals surface area contributed by atoms with Gasteiger partial charge in [0, 0.05) is 37.0 Å². The number of nitrogens with one attached hydrogen (secondary N) is 1. The molecule has 0 atom stereocenters. The molecule has 0 radical (unpaired) electrons. The molecule has 1 saturated heterocycles. The number of piperidine rings is 1. The van der Waals surface area contributed by atoms with E-state index in [4.69, 9.17) is 13.9 Å². The Hall–Kier alpha value is -4.15. The topological polar surface area (TPSA) is 128 Å². The molecule has 4 aromatic rings. The molecule has 1 aliphatic heterocycles. The lowest BCUT2D eigenvalue weighted by atomic mass is 10.0. The van der Waals surface area contributed by atoms with Crippen molar-refractivity contribution >= 4 is 17.1 Å². The maximum Gasteiger partial charge on any atom is 0.327 e. The highest BCUT2D eigenvalue weighted by atomic mass is 16.5. The number of carbonyl (C=O) groups is 1. The average Bonchev–Trinajstić information content (AvgIpc) is 3.47. The van der Waals surface area contributed by atoms with E-state index in [0.29, 0.717) is 48.6 Å². The summed E-state index contributed by atoms with van der Waals surface area (Å²) in [6.45, 7) is 1.08. The predicted octanol–water partition coefficient (Wildman–Crippen LogP) is 2.20. The standard InChI is InChI=1S/C23H24N6O5/c1-32-16-10-14(11-17(12-16)33-2)22-27-26-19(34-22)13-20(30)28-8-5-15(6-9-28)29-18-4-3-7-24-21(18)25-23(29)31/h3-4,7,10-12,15H,5-6,8-9,13H2,1-2H3,(H,24,25,31). The number of ether oxygens (including phenoxy) is 2. The summed E-state index contributed by atoms with van der Waals surface area (Å²) in [6.07, 6.45) is 3.01. The molecule has 0 saturated carbocycles. The van der Waals surface area contributed by atoms with E-state index in [-0.39, 0.29) is 35.8 Å². The molecule has 11 heteroatoms. The maximum absolute atomic E-state index is 12.9. The van der Waals surface area contributed by atoms with E-state index in [2.05, 4.69) is 20.2 Å². The highest BCUT2D eigenvalue weighted by molar-refractivity contribution is 5.78. The molecule has 34 heavy (non-hydrogen) atoms. The van der Waals surface area contributed by atoms with Crippen LogP contribution in [0.15, 0.2) is 45.7 Å². The molecule has 4 heterocycles. The fourth-order valence-corrected chi connectivity index (χ4v) is 4.31. The summed E-state index contributed by atoms with van der Waals surface area (Å²) in [6, 6.07) is 8.96. The second-order valence-electron chi connectivity index (χ2n) is 8.06. The van der Waals surface area contributed by atoms with E-state index in [9.17, 15) is 9.59 Å². The Kier molecular flexibility index (Phi) is 5.74. The van der Waals surface area contributed by atoms with Crippen LogP contribution in [0, 0.1) is 0 Å². The van der Waals surface area contributed by atoms with Gasteiger partial charge in [0.2, 0.25) is 17.7 Å². The number of likely N-dealkylation sites (tertiary alicyclic amines) is 1. The van der Waals surface area contributed by atoms with Crippen molar-refractivity contribution in [3.63, 3.8) is 0 Å². The summed E-state index contributed by atoms with van der Waals surface area (Å²) in [5.74, 6) is 1.62. The Morgan fingerprint density at radius 1 is 1.15 bits per heavy atom. The van der Waals surface area contributed by atoms with Crippen molar-refractivity contribution in [3.05, 3.63) is 52.9 Å². The first-order valence-corrected chi connectivity index (χ1v) is 10.9. The van der Waals surface area contributed by atoms with Crippen molar-refractivity contribution in [2.24, 2.45) is 0 Å². The zero-order valence-corrected chi connectivity index (χ0v) is 18.9. The lowest BCUT2D eigenvalue weighted by Gasteiger charge is -2.32. The summed E-state index contributed by atoms with van der Waals surface area (Å²) < 4.78 is 18.0. The summed E-state index contributed by atoms with van der Waals surface area (Å²) in [4.78, 5) is 34.1. The third-order valence-corrected chi connectivity index (χ3v) is 6.04. The van der Waals surface area contributed by atoms with Gasteiger partial charge in [-0.2, -0.15) is 0 Å². The number of carbonyl (C=O) groups excluding carboxylic acids is 1. The number of aromatic amines is 1. The second kappa shape index (κ2) is 9.00. The van der Waals surface area contributed by atoms with Crippen LogP contribution in [0.3, 0.4) is 0 Å². The molecule has 1 fully saturated rings. The number of rotatable bonds is 6. The van der Waals surface area contributed by atoms with E-state index < -0.39 is 0 Å². The van der Waals surface area contributed by atoms with Gasteiger partial charge in [-0.05, 0) is 37.1 Å². The van der Waals surface area contributed by atoms with E-state index >= 15 is 0 Å². The molecular formula is C23H24N6O5. The smallest absolute Gasteiger partial charge is 0.327 e. The molecule has 0 spiro atoms. The van der Waals surface area contributed by atoms with Gasteiger partial charge >= 0.3 is 5.69 Å². The quantitative estimate of drug-likeness (QED) is 0.460. The van der Waals surface area contributed by atoms with Gasteiger partial charge in [-0.25, -0.2) is 9.78 Å². The van der Waals surface area contributed by atoms with E-state index in [0.717, 1.165) is 5.52 Å². The van der Waals surface area contributed by atoms with Crippen LogP contribution in [0.2, 0.25) is 0 Å². The highest BCUT2D eigenvalue weighted by Gasteiger charge is 2.27. The molecule has 176 valence electrons. The number of aromatic nitrogens is 5. The molecule has 0 unspecified atom stereocenters. The zero-order valence-electron chi connectivity index (χ0n) is 18.9. The van der Waals surface area contributed by atoms with Gasteiger partial charge in [0.25, 0.3) is 0 Å². The van der Waals surface area contributed by atoms with Crippen LogP contribution in [0.5, 0.6) is 11.5 Å². The van der Waals surface area contributed by atoms with Crippen molar-refractivity contribution in [1.29, 1.82) is 0 Å². The number of hydrogen-bond acceptors (Lipinski definition) is 8. The van der Waals surface area contributed by atoms with Gasteiger partial charge in [-0.3, -0.25) is 14.3 Å². The van der Waals surface area contributed by atoms with Gasteiger partial charge in [0.15, 0.2) is 5.65 Å². The van der Waals surface area contributed by atoms with Crippen molar-refractivity contribution in [2.75, 3.05) is 27.3 Å². The minimum absolute atomic E-state index is 0.00699. The maximum atomic E-state index is 12.9. The summed E-state index contributed by atoms with van der Waals surface area (Å²) in [5, 5.41) is 8.11. The molecule has 0 aliphatic carbocycles. The summed E-state index contributed by atoms with van der Waals surface area (Å²) in [5.41, 5.74) is 1.82. The Morgan fingerprint density at radius 3 is 2.59 bits per heavy atom.